The lowest BCUT2D eigenvalue weighted by Crippen LogP contribution is -2.50. The molecule has 0 aromatic heterocycles. The summed E-state index contributed by atoms with van der Waals surface area (Å²) in [4.78, 5) is 27.1. The Morgan fingerprint density at radius 3 is 2.45 bits per heavy atom. The van der Waals surface area contributed by atoms with Gasteiger partial charge in [-0.2, -0.15) is 0 Å². The van der Waals surface area contributed by atoms with Crippen LogP contribution in [0.5, 0.6) is 5.75 Å². The molecule has 7 nitrogen and oxygen atoms in total. The van der Waals surface area contributed by atoms with Gasteiger partial charge in [0.2, 0.25) is 0 Å². The molecule has 29 heavy (non-hydrogen) atoms. The van der Waals surface area contributed by atoms with Crippen LogP contribution in [0.25, 0.3) is 0 Å². The lowest BCUT2D eigenvalue weighted by Gasteiger charge is -2.35. The topological polar surface area (TPSA) is 75.9 Å². The number of ether oxygens (including phenoxy) is 1. The number of nitrogens with zero attached hydrogens (tertiary/aromatic N) is 3. The predicted molar refractivity (Wildman–Crippen MR) is 113 cm³/mol. The maximum absolute atomic E-state index is 12.5. The summed E-state index contributed by atoms with van der Waals surface area (Å²) in [6.07, 6.45) is 0. The number of carbonyl (C=O) groups excluding carboxylic acids is 1. The third-order valence-corrected chi connectivity index (χ3v) is 5.28. The Hall–Kier alpha value is -3.09. The normalized spacial score (nSPS) is 14.2. The molecule has 2 aromatic rings. The average Bonchev–Trinajstić information content (AvgIpc) is 2.72. The fraction of sp³-hybridized carbons (Fsp3) is 0.409. The Morgan fingerprint density at radius 2 is 1.83 bits per heavy atom. The molecule has 1 amide bonds. The van der Waals surface area contributed by atoms with Crippen molar-refractivity contribution in [1.82, 2.24) is 4.90 Å². The summed E-state index contributed by atoms with van der Waals surface area (Å²) in [5.74, 6) is 1.07. The number of hydrogen-bond donors (Lipinski definition) is 0. The molecular weight excluding hydrogens is 370 g/mol. The van der Waals surface area contributed by atoms with Crippen LogP contribution >= 0.6 is 0 Å². The minimum absolute atomic E-state index is 0.00799. The van der Waals surface area contributed by atoms with Crippen molar-refractivity contribution in [2.24, 2.45) is 0 Å². The molecule has 0 saturated carbocycles. The van der Waals surface area contributed by atoms with E-state index in [0.29, 0.717) is 43.5 Å². The zero-order valence-electron chi connectivity index (χ0n) is 17.1. The lowest BCUT2D eigenvalue weighted by atomic mass is 9.98. The van der Waals surface area contributed by atoms with E-state index in [9.17, 15) is 14.9 Å². The van der Waals surface area contributed by atoms with Crippen LogP contribution in [0.2, 0.25) is 0 Å². The standard InChI is InChI=1S/C22H27N3O4/c1-16(2)19-9-8-18(14-17(19)3)29-15-22(26)24-12-10-23(11-13-24)20-6-4-5-7-21(20)25(27)28/h4-9,14,16H,10-13,15H2,1-3H3. The van der Waals surface area contributed by atoms with Crippen molar-refractivity contribution in [3.05, 3.63) is 63.7 Å². The quantitative estimate of drug-likeness (QED) is 0.548. The number of anilines is 1. The van der Waals surface area contributed by atoms with Crippen LogP contribution in [-0.2, 0) is 4.79 Å². The number of hydrogen-bond acceptors (Lipinski definition) is 5. The number of aryl methyl sites for hydroxylation is 1. The molecule has 0 unspecified atom stereocenters. The predicted octanol–water partition coefficient (Wildman–Crippen LogP) is 3.75. The van der Waals surface area contributed by atoms with Gasteiger partial charge in [0.05, 0.1) is 4.92 Å². The fourth-order valence-electron chi connectivity index (χ4n) is 3.70. The monoisotopic (exact) mass is 397 g/mol. The van der Waals surface area contributed by atoms with E-state index in [1.165, 1.54) is 11.6 Å². The molecule has 1 heterocycles. The molecule has 1 aliphatic heterocycles. The van der Waals surface area contributed by atoms with Gasteiger partial charge in [0.25, 0.3) is 11.6 Å². The van der Waals surface area contributed by atoms with Gasteiger partial charge in [-0.15, -0.1) is 0 Å². The zero-order valence-corrected chi connectivity index (χ0v) is 17.1. The third kappa shape index (κ3) is 4.85. The number of benzene rings is 2. The second kappa shape index (κ2) is 8.94. The minimum atomic E-state index is -0.368. The second-order valence-electron chi connectivity index (χ2n) is 7.58. The summed E-state index contributed by atoms with van der Waals surface area (Å²) in [7, 11) is 0. The molecule has 0 atom stereocenters. The maximum Gasteiger partial charge on any atom is 0.292 e. The van der Waals surface area contributed by atoms with E-state index in [1.807, 2.05) is 30.0 Å². The highest BCUT2D eigenvalue weighted by Crippen LogP contribution is 2.28. The molecule has 1 fully saturated rings. The van der Waals surface area contributed by atoms with Gasteiger partial charge < -0.3 is 14.5 Å². The third-order valence-electron chi connectivity index (χ3n) is 5.28. The van der Waals surface area contributed by atoms with Crippen molar-refractivity contribution in [3.63, 3.8) is 0 Å². The highest BCUT2D eigenvalue weighted by Gasteiger charge is 2.25. The number of rotatable bonds is 6. The van der Waals surface area contributed by atoms with Crippen molar-refractivity contribution >= 4 is 17.3 Å². The highest BCUT2D eigenvalue weighted by molar-refractivity contribution is 5.78. The Kier molecular flexibility index (Phi) is 6.36. The van der Waals surface area contributed by atoms with Gasteiger partial charge in [0.15, 0.2) is 6.61 Å². The van der Waals surface area contributed by atoms with E-state index in [-0.39, 0.29) is 23.1 Å². The van der Waals surface area contributed by atoms with Crippen molar-refractivity contribution in [3.8, 4) is 5.75 Å². The van der Waals surface area contributed by atoms with Gasteiger partial charge in [-0.05, 0) is 42.2 Å². The van der Waals surface area contributed by atoms with E-state index >= 15 is 0 Å². The van der Waals surface area contributed by atoms with E-state index in [0.717, 1.165) is 5.56 Å². The first-order valence-corrected chi connectivity index (χ1v) is 9.86. The highest BCUT2D eigenvalue weighted by atomic mass is 16.6. The first-order chi connectivity index (χ1) is 13.9. The summed E-state index contributed by atoms with van der Waals surface area (Å²) in [6, 6.07) is 12.6. The molecule has 0 spiro atoms. The second-order valence-corrected chi connectivity index (χ2v) is 7.58. The van der Waals surface area contributed by atoms with E-state index in [2.05, 4.69) is 13.8 Å². The molecular formula is C22H27N3O4. The molecule has 2 aromatic carbocycles. The molecule has 154 valence electrons. The average molecular weight is 397 g/mol. The van der Waals surface area contributed by atoms with Crippen molar-refractivity contribution in [2.45, 2.75) is 26.7 Å². The summed E-state index contributed by atoms with van der Waals surface area (Å²) in [5, 5.41) is 11.2. The number of nitro groups is 1. The summed E-state index contributed by atoms with van der Waals surface area (Å²) < 4.78 is 5.70. The smallest absolute Gasteiger partial charge is 0.292 e. The fourth-order valence-corrected chi connectivity index (χ4v) is 3.70. The molecule has 1 saturated heterocycles. The molecule has 0 radical (unpaired) electrons. The van der Waals surface area contributed by atoms with Crippen LogP contribution in [0.3, 0.4) is 0 Å². The summed E-state index contributed by atoms with van der Waals surface area (Å²) in [6.45, 7) is 8.47. The van der Waals surface area contributed by atoms with E-state index in [1.54, 1.807) is 23.1 Å². The van der Waals surface area contributed by atoms with Crippen molar-refractivity contribution in [2.75, 3.05) is 37.7 Å². The molecule has 1 aliphatic rings. The van der Waals surface area contributed by atoms with Crippen molar-refractivity contribution < 1.29 is 14.5 Å². The van der Waals surface area contributed by atoms with Gasteiger partial charge in [-0.1, -0.05) is 32.0 Å². The number of para-hydroxylation sites is 2. The number of amides is 1. The van der Waals surface area contributed by atoms with E-state index in [4.69, 9.17) is 4.74 Å². The van der Waals surface area contributed by atoms with Gasteiger partial charge in [0.1, 0.15) is 11.4 Å². The van der Waals surface area contributed by atoms with Gasteiger partial charge in [0, 0.05) is 32.2 Å². The lowest BCUT2D eigenvalue weighted by molar-refractivity contribution is -0.384. The van der Waals surface area contributed by atoms with E-state index < -0.39 is 0 Å². The van der Waals surface area contributed by atoms with Gasteiger partial charge in [-0.3, -0.25) is 14.9 Å². The molecule has 3 rings (SSSR count). The Balaban J connectivity index is 1.54. The summed E-state index contributed by atoms with van der Waals surface area (Å²) in [5.41, 5.74) is 3.12. The van der Waals surface area contributed by atoms with Crippen LogP contribution in [0, 0.1) is 17.0 Å². The van der Waals surface area contributed by atoms with Crippen LogP contribution in [0.1, 0.15) is 30.9 Å². The molecule has 0 aliphatic carbocycles. The number of piperazine rings is 1. The van der Waals surface area contributed by atoms with Crippen LogP contribution in [0.4, 0.5) is 11.4 Å². The number of carbonyl (C=O) groups is 1. The Bertz CT molecular complexity index is 889. The van der Waals surface area contributed by atoms with Crippen LogP contribution in [0.15, 0.2) is 42.5 Å². The first-order valence-electron chi connectivity index (χ1n) is 9.86. The van der Waals surface area contributed by atoms with Gasteiger partial charge in [-0.25, -0.2) is 0 Å². The Labute approximate surface area is 171 Å². The Morgan fingerprint density at radius 1 is 1.14 bits per heavy atom. The number of nitro benzene ring substituents is 1. The van der Waals surface area contributed by atoms with Gasteiger partial charge >= 0.3 is 0 Å². The largest absolute Gasteiger partial charge is 0.484 e. The maximum atomic E-state index is 12.5. The van der Waals surface area contributed by atoms with Crippen LogP contribution in [-0.4, -0.2) is 48.5 Å². The molecule has 0 N–H and O–H groups in total. The van der Waals surface area contributed by atoms with Crippen molar-refractivity contribution in [1.29, 1.82) is 0 Å². The zero-order chi connectivity index (χ0) is 21.0. The minimum Gasteiger partial charge on any atom is -0.484 e. The SMILES string of the molecule is Cc1cc(OCC(=O)N2CCN(c3ccccc3[N+](=O)[O-])CC2)ccc1C(C)C. The molecule has 7 heteroatoms. The first kappa shape index (κ1) is 20.6. The summed E-state index contributed by atoms with van der Waals surface area (Å²) >= 11 is 0. The van der Waals surface area contributed by atoms with Crippen LogP contribution < -0.4 is 9.64 Å². The molecule has 0 bridgehead atoms.